The first kappa shape index (κ1) is 7.37. The largest absolute Gasteiger partial charge is 0.496 e. The lowest BCUT2D eigenvalue weighted by atomic mass is 10.1. The van der Waals surface area contributed by atoms with Crippen LogP contribution in [0.5, 0.6) is 0 Å². The van der Waals surface area contributed by atoms with Crippen LogP contribution in [0.4, 0.5) is 0 Å². The average molecular weight is 162 g/mol. The second-order valence-corrected chi connectivity index (χ2v) is 2.77. The van der Waals surface area contributed by atoms with Crippen LogP contribution >= 0.6 is 0 Å². The highest BCUT2D eigenvalue weighted by molar-refractivity contribution is 5.69. The van der Waals surface area contributed by atoms with Crippen LogP contribution in [0.1, 0.15) is 17.2 Å². The molecule has 1 aliphatic rings. The van der Waals surface area contributed by atoms with Crippen LogP contribution in [0, 0.1) is 0 Å². The van der Waals surface area contributed by atoms with E-state index in [1.807, 2.05) is 24.3 Å². The summed E-state index contributed by atoms with van der Waals surface area (Å²) in [5.74, 6) is 0.762. The Bertz CT molecular complexity index is 328. The number of rotatable bonds is 1. The number of methoxy groups -OCH3 is 1. The van der Waals surface area contributed by atoms with Crippen molar-refractivity contribution in [2.45, 2.75) is 6.10 Å². The topological polar surface area (TPSA) is 29.5 Å². The van der Waals surface area contributed by atoms with Crippen LogP contribution in [0.2, 0.25) is 0 Å². The zero-order valence-corrected chi connectivity index (χ0v) is 6.82. The zero-order valence-electron chi connectivity index (χ0n) is 6.82. The molecular weight excluding hydrogens is 152 g/mol. The van der Waals surface area contributed by atoms with Crippen LogP contribution in [0.3, 0.4) is 0 Å². The molecule has 0 bridgehead atoms. The highest BCUT2D eigenvalue weighted by Gasteiger charge is 2.20. The van der Waals surface area contributed by atoms with Gasteiger partial charge in [0.05, 0.1) is 7.11 Å². The fourth-order valence-corrected chi connectivity index (χ4v) is 1.48. The van der Waals surface area contributed by atoms with Gasteiger partial charge in [-0.1, -0.05) is 24.3 Å². The van der Waals surface area contributed by atoms with Gasteiger partial charge in [-0.15, -0.1) is 0 Å². The van der Waals surface area contributed by atoms with Gasteiger partial charge in [-0.2, -0.15) is 0 Å². The second kappa shape index (κ2) is 2.64. The molecule has 0 amide bonds. The van der Waals surface area contributed by atoms with Crippen LogP contribution in [0.25, 0.3) is 5.76 Å². The minimum atomic E-state index is -0.504. The van der Waals surface area contributed by atoms with Gasteiger partial charge in [-0.25, -0.2) is 0 Å². The number of hydrogen-bond donors (Lipinski definition) is 1. The van der Waals surface area contributed by atoms with E-state index in [0.29, 0.717) is 0 Å². The van der Waals surface area contributed by atoms with Gasteiger partial charge in [0.15, 0.2) is 0 Å². The van der Waals surface area contributed by atoms with Crippen LogP contribution < -0.4 is 0 Å². The predicted molar refractivity (Wildman–Crippen MR) is 46.4 cm³/mol. The van der Waals surface area contributed by atoms with Crippen molar-refractivity contribution in [2.75, 3.05) is 7.11 Å². The van der Waals surface area contributed by atoms with Crippen molar-refractivity contribution in [1.82, 2.24) is 0 Å². The van der Waals surface area contributed by atoms with Crippen molar-refractivity contribution in [3.8, 4) is 0 Å². The van der Waals surface area contributed by atoms with Crippen molar-refractivity contribution >= 4 is 5.76 Å². The fourth-order valence-electron chi connectivity index (χ4n) is 1.48. The summed E-state index contributed by atoms with van der Waals surface area (Å²) in [5.41, 5.74) is 1.92. The molecule has 1 aromatic carbocycles. The third-order valence-corrected chi connectivity index (χ3v) is 2.07. The van der Waals surface area contributed by atoms with E-state index in [1.165, 1.54) is 0 Å². The van der Waals surface area contributed by atoms with E-state index >= 15 is 0 Å². The Morgan fingerprint density at radius 3 is 2.83 bits per heavy atom. The number of ether oxygens (including phenoxy) is 1. The summed E-state index contributed by atoms with van der Waals surface area (Å²) in [6.45, 7) is 0. The van der Waals surface area contributed by atoms with E-state index in [4.69, 9.17) is 4.74 Å². The maximum Gasteiger partial charge on any atom is 0.125 e. The van der Waals surface area contributed by atoms with Crippen LogP contribution in [-0.4, -0.2) is 12.2 Å². The normalized spacial score (nSPS) is 20.2. The van der Waals surface area contributed by atoms with Gasteiger partial charge >= 0.3 is 0 Å². The van der Waals surface area contributed by atoms with E-state index in [0.717, 1.165) is 16.9 Å². The lowest BCUT2D eigenvalue weighted by Crippen LogP contribution is -1.89. The first-order valence-corrected chi connectivity index (χ1v) is 3.86. The molecule has 2 nitrogen and oxygen atoms in total. The summed E-state index contributed by atoms with van der Waals surface area (Å²) < 4.78 is 5.11. The minimum absolute atomic E-state index is 0.504. The lowest BCUT2D eigenvalue weighted by molar-refractivity contribution is 0.230. The van der Waals surface area contributed by atoms with Crippen LogP contribution in [-0.2, 0) is 4.74 Å². The molecule has 12 heavy (non-hydrogen) atoms. The summed E-state index contributed by atoms with van der Waals surface area (Å²) in [5, 5.41) is 9.53. The molecule has 2 heteroatoms. The van der Waals surface area contributed by atoms with Gasteiger partial charge in [0.25, 0.3) is 0 Å². The minimum Gasteiger partial charge on any atom is -0.496 e. The van der Waals surface area contributed by atoms with Crippen LogP contribution in [0.15, 0.2) is 30.3 Å². The number of fused-ring (bicyclic) bond motifs is 1. The lowest BCUT2D eigenvalue weighted by Gasteiger charge is -2.03. The molecule has 0 radical (unpaired) electrons. The molecule has 1 unspecified atom stereocenters. The molecule has 0 heterocycles. The summed E-state index contributed by atoms with van der Waals surface area (Å²) in [6.07, 6.45) is 1.21. The average Bonchev–Trinajstić information content (AvgIpc) is 2.44. The smallest absolute Gasteiger partial charge is 0.125 e. The maximum atomic E-state index is 9.53. The Hall–Kier alpha value is -1.28. The molecule has 1 aromatic rings. The second-order valence-electron chi connectivity index (χ2n) is 2.77. The standard InChI is InChI=1S/C10H10O2/c1-12-10-6-9(11)7-4-2-3-5-8(7)10/h2-6,9,11H,1H3. The number of aliphatic hydroxyl groups excluding tert-OH is 1. The molecule has 0 saturated heterocycles. The summed E-state index contributed by atoms with van der Waals surface area (Å²) in [6, 6.07) is 7.70. The number of aliphatic hydroxyl groups is 1. The monoisotopic (exact) mass is 162 g/mol. The van der Waals surface area contributed by atoms with Crippen molar-refractivity contribution in [3.63, 3.8) is 0 Å². The Kier molecular flexibility index (Phi) is 1.62. The molecule has 62 valence electrons. The molecule has 0 aromatic heterocycles. The van der Waals surface area contributed by atoms with E-state index in [9.17, 15) is 5.11 Å². The van der Waals surface area contributed by atoms with E-state index in [1.54, 1.807) is 13.2 Å². The van der Waals surface area contributed by atoms with E-state index in [2.05, 4.69) is 0 Å². The number of benzene rings is 1. The van der Waals surface area contributed by atoms with Crippen molar-refractivity contribution in [3.05, 3.63) is 41.5 Å². The summed E-state index contributed by atoms with van der Waals surface area (Å²) >= 11 is 0. The molecular formula is C10H10O2. The summed E-state index contributed by atoms with van der Waals surface area (Å²) in [7, 11) is 1.61. The van der Waals surface area contributed by atoms with Gasteiger partial charge in [0.1, 0.15) is 11.9 Å². The quantitative estimate of drug-likeness (QED) is 0.681. The van der Waals surface area contributed by atoms with Gasteiger partial charge in [-0.3, -0.25) is 0 Å². The third-order valence-electron chi connectivity index (χ3n) is 2.07. The van der Waals surface area contributed by atoms with Crippen molar-refractivity contribution in [1.29, 1.82) is 0 Å². The molecule has 1 atom stereocenters. The zero-order chi connectivity index (χ0) is 8.55. The van der Waals surface area contributed by atoms with Gasteiger partial charge in [-0.05, 0) is 11.6 Å². The highest BCUT2D eigenvalue weighted by Crippen LogP contribution is 2.33. The third kappa shape index (κ3) is 0.924. The maximum absolute atomic E-state index is 9.53. The molecule has 1 aliphatic carbocycles. The SMILES string of the molecule is COC1=CC(O)c2ccccc21. The molecule has 0 aliphatic heterocycles. The van der Waals surface area contributed by atoms with Crippen molar-refractivity contribution in [2.24, 2.45) is 0 Å². The Morgan fingerprint density at radius 1 is 1.33 bits per heavy atom. The molecule has 0 spiro atoms. The summed E-state index contributed by atoms with van der Waals surface area (Å²) in [4.78, 5) is 0. The molecule has 2 rings (SSSR count). The number of hydrogen-bond acceptors (Lipinski definition) is 2. The van der Waals surface area contributed by atoms with Gasteiger partial charge < -0.3 is 9.84 Å². The Morgan fingerprint density at radius 2 is 2.08 bits per heavy atom. The fraction of sp³-hybridized carbons (Fsp3) is 0.200. The molecule has 0 fully saturated rings. The molecule has 0 saturated carbocycles. The predicted octanol–water partition coefficient (Wildman–Crippen LogP) is 1.72. The molecule has 1 N–H and O–H groups in total. The first-order chi connectivity index (χ1) is 5.83. The Balaban J connectivity index is 2.53. The highest BCUT2D eigenvalue weighted by atomic mass is 16.5. The Labute approximate surface area is 71.1 Å². The van der Waals surface area contributed by atoms with Gasteiger partial charge in [0, 0.05) is 5.56 Å². The van der Waals surface area contributed by atoms with E-state index < -0.39 is 6.10 Å². The van der Waals surface area contributed by atoms with Gasteiger partial charge in [0.2, 0.25) is 0 Å². The van der Waals surface area contributed by atoms with Crippen molar-refractivity contribution < 1.29 is 9.84 Å². The first-order valence-electron chi connectivity index (χ1n) is 3.86. The van der Waals surface area contributed by atoms with E-state index in [-0.39, 0.29) is 0 Å².